The fourth-order valence-corrected chi connectivity index (χ4v) is 5.20. The van der Waals surface area contributed by atoms with E-state index in [1.807, 2.05) is 0 Å². The number of halogens is 1. The molecule has 0 radical (unpaired) electrons. The van der Waals surface area contributed by atoms with Crippen LogP contribution in [0.5, 0.6) is 0 Å². The van der Waals surface area contributed by atoms with Gasteiger partial charge in [0.2, 0.25) is 0 Å². The van der Waals surface area contributed by atoms with Crippen LogP contribution in [0.25, 0.3) is 0 Å². The number of nitrogens with one attached hydrogen (secondary N) is 1. The van der Waals surface area contributed by atoms with Crippen LogP contribution in [-0.4, -0.2) is 64.8 Å². The molecule has 13 heteroatoms. The molecule has 1 aliphatic rings. The molecule has 25 heavy (non-hydrogen) atoms. The quantitative estimate of drug-likeness (QED) is 0.600. The number of sulfonamides is 1. The lowest BCUT2D eigenvalue weighted by molar-refractivity contribution is -0.389. The molecule has 2 aromatic heterocycles. The van der Waals surface area contributed by atoms with E-state index in [1.165, 1.54) is 15.3 Å². The van der Waals surface area contributed by atoms with Crippen molar-refractivity contribution in [3.05, 3.63) is 38.3 Å². The fourth-order valence-electron chi connectivity index (χ4n) is 2.40. The van der Waals surface area contributed by atoms with Gasteiger partial charge in [-0.1, -0.05) is 22.8 Å². The Bertz CT molecular complexity index is 902. The van der Waals surface area contributed by atoms with Gasteiger partial charge in [-0.2, -0.15) is 4.31 Å². The Morgan fingerprint density at radius 3 is 2.56 bits per heavy atom. The zero-order chi connectivity index (χ0) is 18.2. The minimum Gasteiger partial charge on any atom is -0.358 e. The van der Waals surface area contributed by atoms with E-state index in [0.29, 0.717) is 0 Å². The zero-order valence-electron chi connectivity index (χ0n) is 12.6. The van der Waals surface area contributed by atoms with Crippen molar-refractivity contribution in [1.29, 1.82) is 0 Å². The van der Waals surface area contributed by atoms with Crippen LogP contribution in [0.4, 0.5) is 5.82 Å². The lowest BCUT2D eigenvalue weighted by Gasteiger charge is -2.33. The second-order valence-electron chi connectivity index (χ2n) is 5.12. The molecule has 0 unspecified atom stereocenters. The average Bonchev–Trinajstić information content (AvgIpc) is 3.24. The van der Waals surface area contributed by atoms with E-state index in [2.05, 4.69) is 10.2 Å². The molecule has 0 spiro atoms. The Labute approximate surface area is 151 Å². The van der Waals surface area contributed by atoms with Gasteiger partial charge in [-0.25, -0.2) is 8.42 Å². The van der Waals surface area contributed by atoms with Crippen molar-refractivity contribution in [3.63, 3.8) is 0 Å². The molecule has 1 N–H and O–H groups in total. The molecule has 2 aromatic rings. The monoisotopic (exact) mass is 405 g/mol. The molecule has 0 aliphatic carbocycles. The number of hydrogen-bond donors (Lipinski definition) is 1. The third-order valence-corrected chi connectivity index (χ3v) is 7.32. The number of H-pyrrole nitrogens is 1. The lowest BCUT2D eigenvalue weighted by atomic mass is 10.3. The predicted octanol–water partition coefficient (Wildman–Crippen LogP) is 1.18. The maximum Gasteiger partial charge on any atom is 0.362 e. The number of hydrogen-bond acceptors (Lipinski definition) is 7. The molecule has 0 bridgehead atoms. The molecule has 134 valence electrons. The van der Waals surface area contributed by atoms with Crippen LogP contribution < -0.4 is 0 Å². The number of rotatable bonds is 4. The molecule has 10 nitrogen and oxygen atoms in total. The van der Waals surface area contributed by atoms with Crippen molar-refractivity contribution >= 4 is 44.7 Å². The van der Waals surface area contributed by atoms with Gasteiger partial charge < -0.3 is 15.0 Å². The smallest absolute Gasteiger partial charge is 0.358 e. The van der Waals surface area contributed by atoms with Crippen molar-refractivity contribution < 1.29 is 18.1 Å². The second-order valence-corrected chi connectivity index (χ2v) is 8.61. The van der Waals surface area contributed by atoms with E-state index in [4.69, 9.17) is 11.6 Å². The van der Waals surface area contributed by atoms with E-state index in [-0.39, 0.29) is 41.1 Å². The van der Waals surface area contributed by atoms with Crippen LogP contribution in [0.3, 0.4) is 0 Å². The average molecular weight is 406 g/mol. The normalized spacial score (nSPS) is 16.1. The molecular formula is C12H12ClN5O5S2. The first kappa shape index (κ1) is 17.8. The summed E-state index contributed by atoms with van der Waals surface area (Å²) in [5.74, 6) is -1.13. The Morgan fingerprint density at radius 2 is 2.04 bits per heavy atom. The van der Waals surface area contributed by atoms with Gasteiger partial charge >= 0.3 is 5.82 Å². The van der Waals surface area contributed by atoms with Crippen molar-refractivity contribution in [1.82, 2.24) is 19.4 Å². The summed E-state index contributed by atoms with van der Waals surface area (Å²) in [7, 11) is -3.57. The van der Waals surface area contributed by atoms with Gasteiger partial charge in [0.25, 0.3) is 15.9 Å². The van der Waals surface area contributed by atoms with Crippen molar-refractivity contribution in [2.75, 3.05) is 26.2 Å². The molecule has 0 saturated carbocycles. The van der Waals surface area contributed by atoms with E-state index < -0.39 is 26.7 Å². The second kappa shape index (κ2) is 6.71. The predicted molar refractivity (Wildman–Crippen MR) is 89.2 cm³/mol. The molecule has 1 fully saturated rings. The Morgan fingerprint density at radius 1 is 1.36 bits per heavy atom. The van der Waals surface area contributed by atoms with Crippen molar-refractivity contribution in [3.8, 4) is 0 Å². The van der Waals surface area contributed by atoms with E-state index >= 15 is 0 Å². The van der Waals surface area contributed by atoms with Crippen LogP contribution >= 0.6 is 22.9 Å². The minimum absolute atomic E-state index is 0.121. The highest BCUT2D eigenvalue weighted by atomic mass is 35.5. The number of amides is 1. The number of carbonyl (C=O) groups is 1. The number of aromatic amines is 1. The van der Waals surface area contributed by atoms with Gasteiger partial charge in [0.05, 0.1) is 0 Å². The summed E-state index contributed by atoms with van der Waals surface area (Å²) in [5, 5.41) is 17.8. The third-order valence-electron chi connectivity index (χ3n) is 3.69. The number of thiophene rings is 1. The molecule has 3 rings (SSSR count). The Kier molecular flexibility index (Phi) is 4.77. The Hall–Kier alpha value is -2.02. The van der Waals surface area contributed by atoms with E-state index in [9.17, 15) is 23.3 Å². The number of aromatic nitrogens is 2. The summed E-state index contributed by atoms with van der Waals surface area (Å²) in [6, 6.07) is 3.18. The van der Waals surface area contributed by atoms with Gasteiger partial charge in [0, 0.05) is 26.2 Å². The summed E-state index contributed by atoms with van der Waals surface area (Å²) >= 11 is 6.94. The number of carbonyl (C=O) groups excluding carboxylic acids is 1. The van der Waals surface area contributed by atoms with Gasteiger partial charge in [0.1, 0.15) is 4.21 Å². The summed E-state index contributed by atoms with van der Waals surface area (Å²) in [6.45, 7) is 0.521. The SMILES string of the molecule is O=C(c1n[nH]c([N+](=O)[O-])c1Cl)N1CCN(S(=O)(=O)c2cccs2)CC1. The number of piperazine rings is 1. The summed E-state index contributed by atoms with van der Waals surface area (Å²) in [6.07, 6.45) is 0. The van der Waals surface area contributed by atoms with Crippen LogP contribution in [0.1, 0.15) is 10.5 Å². The standard InChI is InChI=1S/C12H12ClN5O5S2/c13-9-10(14-15-11(9)18(20)21)12(19)16-3-5-17(6-4-16)25(22,23)8-2-1-7-24-8/h1-2,7H,3-6H2,(H,14,15). The Balaban J connectivity index is 1.70. The maximum absolute atomic E-state index is 12.4. The largest absolute Gasteiger partial charge is 0.362 e. The molecule has 0 aromatic carbocycles. The van der Waals surface area contributed by atoms with Gasteiger partial charge in [-0.05, 0) is 16.4 Å². The molecule has 1 amide bonds. The first-order valence-electron chi connectivity index (χ1n) is 7.03. The summed E-state index contributed by atoms with van der Waals surface area (Å²) in [4.78, 5) is 23.8. The molecule has 0 atom stereocenters. The first-order valence-corrected chi connectivity index (χ1v) is 9.73. The van der Waals surface area contributed by atoms with Crippen molar-refractivity contribution in [2.45, 2.75) is 4.21 Å². The highest BCUT2D eigenvalue weighted by molar-refractivity contribution is 7.91. The fraction of sp³-hybridized carbons (Fsp3) is 0.333. The highest BCUT2D eigenvalue weighted by Crippen LogP contribution is 2.27. The van der Waals surface area contributed by atoms with Crippen LogP contribution in [0.2, 0.25) is 5.02 Å². The zero-order valence-corrected chi connectivity index (χ0v) is 15.0. The van der Waals surface area contributed by atoms with E-state index in [0.717, 1.165) is 11.3 Å². The van der Waals surface area contributed by atoms with Crippen molar-refractivity contribution in [2.24, 2.45) is 0 Å². The minimum atomic E-state index is -3.57. The number of nitro groups is 1. The molecule has 1 saturated heterocycles. The maximum atomic E-state index is 12.4. The molecule has 3 heterocycles. The topological polar surface area (TPSA) is 130 Å². The van der Waals surface area contributed by atoms with Gasteiger partial charge in [-0.15, -0.1) is 16.4 Å². The van der Waals surface area contributed by atoms with Crippen LogP contribution in [0.15, 0.2) is 21.7 Å². The first-order chi connectivity index (χ1) is 11.8. The van der Waals surface area contributed by atoms with Crippen LogP contribution in [-0.2, 0) is 10.0 Å². The van der Waals surface area contributed by atoms with Crippen LogP contribution in [0, 0.1) is 10.1 Å². The molecule has 1 aliphatic heterocycles. The van der Waals surface area contributed by atoms with Gasteiger partial charge in [-0.3, -0.25) is 4.79 Å². The lowest BCUT2D eigenvalue weighted by Crippen LogP contribution is -2.50. The van der Waals surface area contributed by atoms with Gasteiger partial charge in [0.15, 0.2) is 10.7 Å². The van der Waals surface area contributed by atoms with E-state index in [1.54, 1.807) is 11.4 Å². The molecular weight excluding hydrogens is 394 g/mol. The summed E-state index contributed by atoms with van der Waals surface area (Å²) < 4.78 is 26.4. The number of nitrogens with zero attached hydrogens (tertiary/aromatic N) is 4. The third kappa shape index (κ3) is 3.25. The highest BCUT2D eigenvalue weighted by Gasteiger charge is 2.34. The summed E-state index contributed by atoms with van der Waals surface area (Å²) in [5.41, 5.74) is -0.247.